The van der Waals surface area contributed by atoms with Gasteiger partial charge in [0, 0.05) is 32.0 Å². The minimum atomic E-state index is 0.673. The molecular formula is C76H110Br2N4S3. The van der Waals surface area contributed by atoms with Crippen molar-refractivity contribution in [3.63, 3.8) is 0 Å². The maximum Gasteiger partial charge on any atom is 0.116 e. The quantitative estimate of drug-likeness (QED) is 0.0357. The molecule has 4 heterocycles. The van der Waals surface area contributed by atoms with E-state index in [1.165, 1.54) is 297 Å². The molecule has 4 aromatic heterocycles. The number of rotatable bonds is 48. The van der Waals surface area contributed by atoms with E-state index in [4.69, 9.17) is 18.7 Å². The molecule has 2 atom stereocenters. The molecule has 9 heteroatoms. The molecule has 0 aliphatic rings. The second kappa shape index (κ2) is 41.5. The van der Waals surface area contributed by atoms with Crippen molar-refractivity contribution >= 4 is 88.3 Å². The number of halogens is 2. The molecule has 0 fully saturated rings. The molecule has 0 aliphatic carbocycles. The van der Waals surface area contributed by atoms with Gasteiger partial charge in [-0.2, -0.15) is 8.75 Å². The van der Waals surface area contributed by atoms with E-state index < -0.39 is 0 Å². The SMILES string of the molecule is CCCCCCCCCCCCC(CCCCCCCCCC)Cc1cc(-c2c3nsnc3c(-c3cc(CC(CCCCCCCCCC)CCCCCCCCCCCC)c(Br)s3)c3nc(-c4ccccc4)c(-c4ccccc4)nc23)sc1Br. The predicted molar refractivity (Wildman–Crippen MR) is 385 cm³/mol. The first-order valence-corrected chi connectivity index (χ1v) is 39.1. The van der Waals surface area contributed by atoms with Gasteiger partial charge in [0.2, 0.25) is 0 Å². The highest BCUT2D eigenvalue weighted by Crippen LogP contribution is 2.50. The van der Waals surface area contributed by atoms with Gasteiger partial charge in [0.15, 0.2) is 0 Å². The van der Waals surface area contributed by atoms with E-state index in [0.717, 1.165) is 68.6 Å². The summed E-state index contributed by atoms with van der Waals surface area (Å²) in [6.45, 7) is 9.28. The lowest BCUT2D eigenvalue weighted by atomic mass is 9.89. The molecule has 7 aromatic rings. The van der Waals surface area contributed by atoms with Crippen molar-refractivity contribution in [1.29, 1.82) is 0 Å². The summed E-state index contributed by atoms with van der Waals surface area (Å²) >= 11 is 13.5. The number of unbranched alkanes of at least 4 members (excludes halogenated alkanes) is 32. The summed E-state index contributed by atoms with van der Waals surface area (Å²) in [5, 5.41) is 0. The summed E-state index contributed by atoms with van der Waals surface area (Å²) in [6.07, 6.45) is 57.1. The fraction of sp³-hybridized carbons (Fsp3) is 0.632. The lowest BCUT2D eigenvalue weighted by Crippen LogP contribution is -2.05. The molecule has 0 saturated heterocycles. The Balaban J connectivity index is 1.20. The maximum absolute atomic E-state index is 5.87. The summed E-state index contributed by atoms with van der Waals surface area (Å²) in [5.41, 5.74) is 12.6. The zero-order chi connectivity index (χ0) is 59.5. The van der Waals surface area contributed by atoms with Gasteiger partial charge in [-0.25, -0.2) is 9.97 Å². The molecule has 0 amide bonds. The fourth-order valence-electron chi connectivity index (χ4n) is 13.2. The van der Waals surface area contributed by atoms with Crippen molar-refractivity contribution in [2.24, 2.45) is 11.8 Å². The maximum atomic E-state index is 5.87. The van der Waals surface area contributed by atoms with E-state index in [2.05, 4.69) is 132 Å². The van der Waals surface area contributed by atoms with Gasteiger partial charge in [0.05, 0.1) is 30.7 Å². The Morgan fingerprint density at radius 2 is 0.612 bits per heavy atom. The molecule has 0 spiro atoms. The van der Waals surface area contributed by atoms with Crippen LogP contribution in [-0.4, -0.2) is 18.7 Å². The highest BCUT2D eigenvalue weighted by atomic mass is 79.9. The van der Waals surface area contributed by atoms with E-state index in [9.17, 15) is 0 Å². The molecule has 0 bridgehead atoms. The molecular weight excluding hydrogens is 1220 g/mol. The van der Waals surface area contributed by atoms with Crippen LogP contribution in [0, 0.1) is 11.8 Å². The lowest BCUT2D eigenvalue weighted by molar-refractivity contribution is 0.400. The van der Waals surface area contributed by atoms with Crippen LogP contribution in [-0.2, 0) is 12.8 Å². The lowest BCUT2D eigenvalue weighted by Gasteiger charge is -2.17. The van der Waals surface area contributed by atoms with E-state index in [1.807, 2.05) is 22.7 Å². The molecule has 2 unspecified atom stereocenters. The van der Waals surface area contributed by atoms with Crippen LogP contribution >= 0.6 is 66.3 Å². The smallest absolute Gasteiger partial charge is 0.116 e. The van der Waals surface area contributed by atoms with Gasteiger partial charge in [-0.05, 0) is 79.8 Å². The molecule has 0 N–H and O–H groups in total. The Labute approximate surface area is 546 Å². The van der Waals surface area contributed by atoms with Gasteiger partial charge in [-0.3, -0.25) is 0 Å². The third kappa shape index (κ3) is 23.5. The van der Waals surface area contributed by atoms with Crippen LogP contribution in [0.3, 0.4) is 0 Å². The fourth-order valence-corrected chi connectivity index (χ4v) is 17.3. The molecule has 4 nitrogen and oxygen atoms in total. The van der Waals surface area contributed by atoms with Crippen molar-refractivity contribution in [1.82, 2.24) is 18.7 Å². The van der Waals surface area contributed by atoms with Gasteiger partial charge in [-0.1, -0.05) is 345 Å². The molecule has 0 radical (unpaired) electrons. The number of nitrogens with zero attached hydrogens (tertiary/aromatic N) is 4. The summed E-state index contributed by atoms with van der Waals surface area (Å²) in [4.78, 5) is 14.1. The molecule has 0 aliphatic heterocycles. The van der Waals surface area contributed by atoms with Crippen molar-refractivity contribution in [2.75, 3.05) is 0 Å². The monoisotopic (exact) mass is 1330 g/mol. The Morgan fingerprint density at radius 1 is 0.341 bits per heavy atom. The standard InChI is InChI=1S/C76H110Br2N4S3/c1-5-9-13-17-21-25-27-31-35-41-49-59(47-39-33-29-23-19-15-11-7-3)55-63-57-65(83-75(63)77)67-71-72(80-70(62-53-45-38-46-54-62)69(79-71)61-51-43-37-44-52-61)68(74-73(67)81-85-82-74)66-58-64(76(78)84-66)56-60(48-40-34-30-24-20-16-12-8-4)50-42-36-32-28-26-22-18-14-10-6-2/h37-38,43-46,51-54,57-60H,5-36,39-42,47-50,55-56H2,1-4H3. The number of thiophene rings is 2. The first-order chi connectivity index (χ1) is 41.9. The summed E-state index contributed by atoms with van der Waals surface area (Å²) in [7, 11) is 0. The van der Waals surface area contributed by atoms with Crippen molar-refractivity contribution in [3.8, 4) is 43.4 Å². The van der Waals surface area contributed by atoms with Gasteiger partial charge < -0.3 is 0 Å². The summed E-state index contributed by atoms with van der Waals surface area (Å²) < 4.78 is 13.0. The Bertz CT molecular complexity index is 2680. The van der Waals surface area contributed by atoms with E-state index >= 15 is 0 Å². The van der Waals surface area contributed by atoms with Gasteiger partial charge in [0.25, 0.3) is 0 Å². The van der Waals surface area contributed by atoms with Crippen LogP contribution in [0.2, 0.25) is 0 Å². The van der Waals surface area contributed by atoms with Crippen LogP contribution in [0.1, 0.15) is 296 Å². The topological polar surface area (TPSA) is 51.6 Å². The Kier molecular flexibility index (Phi) is 34.0. The summed E-state index contributed by atoms with van der Waals surface area (Å²) in [6, 6.07) is 26.5. The van der Waals surface area contributed by atoms with Crippen LogP contribution < -0.4 is 0 Å². The van der Waals surface area contributed by atoms with Crippen LogP contribution in [0.15, 0.2) is 80.4 Å². The predicted octanol–water partition coefficient (Wildman–Crippen LogP) is 28.0. The van der Waals surface area contributed by atoms with Crippen LogP contribution in [0.5, 0.6) is 0 Å². The minimum Gasteiger partial charge on any atom is -0.243 e. The number of benzene rings is 3. The third-order valence-electron chi connectivity index (χ3n) is 18.3. The number of fused-ring (bicyclic) bond motifs is 2. The average molecular weight is 1340 g/mol. The Hall–Kier alpha value is -2.82. The average Bonchev–Trinajstić information content (AvgIpc) is 2.07. The summed E-state index contributed by atoms with van der Waals surface area (Å²) in [5.74, 6) is 1.35. The molecule has 0 saturated carbocycles. The van der Waals surface area contributed by atoms with Gasteiger partial charge in [0.1, 0.15) is 22.1 Å². The van der Waals surface area contributed by atoms with E-state index in [-0.39, 0.29) is 0 Å². The van der Waals surface area contributed by atoms with Crippen LogP contribution in [0.4, 0.5) is 0 Å². The Morgan fingerprint density at radius 3 is 0.894 bits per heavy atom. The highest BCUT2D eigenvalue weighted by Gasteiger charge is 2.28. The molecule has 7 rings (SSSR count). The van der Waals surface area contributed by atoms with E-state index in [0.29, 0.717) is 11.8 Å². The van der Waals surface area contributed by atoms with Crippen molar-refractivity contribution in [2.45, 2.75) is 297 Å². The van der Waals surface area contributed by atoms with Crippen LogP contribution in [0.25, 0.3) is 65.5 Å². The van der Waals surface area contributed by atoms with Gasteiger partial charge in [-0.15, -0.1) is 22.7 Å². The first kappa shape index (κ1) is 69.7. The first-order valence-electron chi connectivity index (χ1n) is 35.1. The van der Waals surface area contributed by atoms with Crippen molar-refractivity contribution in [3.05, 3.63) is 91.5 Å². The normalized spacial score (nSPS) is 12.6. The molecule has 466 valence electrons. The molecule has 3 aromatic carbocycles. The third-order valence-corrected chi connectivity index (χ3v) is 22.8. The number of aromatic nitrogens is 4. The second-order valence-electron chi connectivity index (χ2n) is 25.5. The largest absolute Gasteiger partial charge is 0.243 e. The molecule has 85 heavy (non-hydrogen) atoms. The zero-order valence-corrected chi connectivity index (χ0v) is 59.2. The van der Waals surface area contributed by atoms with E-state index in [1.54, 1.807) is 0 Å². The van der Waals surface area contributed by atoms with Gasteiger partial charge >= 0.3 is 0 Å². The zero-order valence-electron chi connectivity index (χ0n) is 53.6. The highest BCUT2D eigenvalue weighted by molar-refractivity contribution is 9.11. The van der Waals surface area contributed by atoms with Crippen molar-refractivity contribution < 1.29 is 0 Å². The number of hydrogen-bond donors (Lipinski definition) is 0. The second-order valence-corrected chi connectivity index (χ2v) is 30.8. The minimum absolute atomic E-state index is 0.673. The number of hydrogen-bond acceptors (Lipinski definition) is 7.